The Kier molecular flexibility index (Phi) is 5.24. The standard InChI is InChI=1S/C17H19N3O3S/c18-10-13-7-8-14(23-13)16(21)19-11-3-5-12(6-4-11)20-17(22)15-2-1-9-24-15/h1-6,9,13-14H,7-8,10,18H2,(H,19,21)(H,20,22)/t13-,14+/m1/s1. The Bertz CT molecular complexity index is 700. The van der Waals surface area contributed by atoms with Gasteiger partial charge in [0.05, 0.1) is 11.0 Å². The number of nitrogens with two attached hydrogens (primary N) is 1. The van der Waals surface area contributed by atoms with E-state index in [0.717, 1.165) is 6.42 Å². The van der Waals surface area contributed by atoms with Gasteiger partial charge in [0.15, 0.2) is 0 Å². The molecule has 2 heterocycles. The maximum atomic E-state index is 12.1. The second-order valence-corrected chi connectivity index (χ2v) is 6.51. The van der Waals surface area contributed by atoms with Crippen LogP contribution in [0.4, 0.5) is 11.4 Å². The van der Waals surface area contributed by atoms with Crippen LogP contribution >= 0.6 is 11.3 Å². The zero-order valence-electron chi connectivity index (χ0n) is 13.0. The fraction of sp³-hybridized carbons (Fsp3) is 0.294. The predicted octanol–water partition coefficient (Wildman–Crippen LogP) is 2.45. The lowest BCUT2D eigenvalue weighted by Crippen LogP contribution is -2.29. The molecule has 1 fully saturated rings. The molecule has 4 N–H and O–H groups in total. The van der Waals surface area contributed by atoms with Gasteiger partial charge in [-0.3, -0.25) is 9.59 Å². The van der Waals surface area contributed by atoms with E-state index < -0.39 is 6.10 Å². The number of amides is 2. The first-order valence-electron chi connectivity index (χ1n) is 7.77. The SMILES string of the molecule is NC[C@H]1CC[C@@H](C(=O)Nc2ccc(NC(=O)c3cccs3)cc2)O1. The Labute approximate surface area is 144 Å². The summed E-state index contributed by atoms with van der Waals surface area (Å²) >= 11 is 1.39. The molecule has 1 aromatic carbocycles. The molecule has 126 valence electrons. The highest BCUT2D eigenvalue weighted by atomic mass is 32.1. The van der Waals surface area contributed by atoms with Gasteiger partial charge in [-0.2, -0.15) is 0 Å². The van der Waals surface area contributed by atoms with Crippen molar-refractivity contribution < 1.29 is 14.3 Å². The zero-order chi connectivity index (χ0) is 16.9. The molecule has 0 radical (unpaired) electrons. The van der Waals surface area contributed by atoms with Crippen LogP contribution in [-0.4, -0.2) is 30.6 Å². The number of carbonyl (C=O) groups is 2. The summed E-state index contributed by atoms with van der Waals surface area (Å²) in [4.78, 5) is 24.8. The summed E-state index contributed by atoms with van der Waals surface area (Å²) in [7, 11) is 0. The van der Waals surface area contributed by atoms with Crippen LogP contribution in [0.5, 0.6) is 0 Å². The van der Waals surface area contributed by atoms with Crippen LogP contribution in [0.1, 0.15) is 22.5 Å². The Morgan fingerprint density at radius 2 is 1.83 bits per heavy atom. The summed E-state index contributed by atoms with van der Waals surface area (Å²) in [6.45, 7) is 0.433. The molecule has 0 saturated carbocycles. The van der Waals surface area contributed by atoms with Crippen molar-refractivity contribution in [3.63, 3.8) is 0 Å². The van der Waals surface area contributed by atoms with E-state index in [1.54, 1.807) is 30.3 Å². The molecule has 0 unspecified atom stereocenters. The Morgan fingerprint density at radius 1 is 1.12 bits per heavy atom. The van der Waals surface area contributed by atoms with Crippen LogP contribution in [0.15, 0.2) is 41.8 Å². The first-order valence-corrected chi connectivity index (χ1v) is 8.65. The fourth-order valence-electron chi connectivity index (χ4n) is 2.53. The van der Waals surface area contributed by atoms with Crippen molar-refractivity contribution in [1.29, 1.82) is 0 Å². The number of benzene rings is 1. The van der Waals surface area contributed by atoms with Gasteiger partial charge in [0.25, 0.3) is 11.8 Å². The smallest absolute Gasteiger partial charge is 0.265 e. The van der Waals surface area contributed by atoms with Crippen molar-refractivity contribution in [1.82, 2.24) is 0 Å². The maximum absolute atomic E-state index is 12.1. The molecule has 1 aliphatic rings. The Morgan fingerprint density at radius 3 is 2.42 bits per heavy atom. The number of thiophene rings is 1. The highest BCUT2D eigenvalue weighted by Crippen LogP contribution is 2.21. The third-order valence-corrected chi connectivity index (χ3v) is 4.69. The lowest BCUT2D eigenvalue weighted by Gasteiger charge is -2.13. The lowest BCUT2D eigenvalue weighted by molar-refractivity contribution is -0.126. The van der Waals surface area contributed by atoms with Gasteiger partial charge in [0.1, 0.15) is 6.10 Å². The molecule has 1 aliphatic heterocycles. The molecule has 6 nitrogen and oxygen atoms in total. The average Bonchev–Trinajstić information content (AvgIpc) is 3.28. The van der Waals surface area contributed by atoms with Crippen LogP contribution in [0.25, 0.3) is 0 Å². The van der Waals surface area contributed by atoms with Gasteiger partial charge < -0.3 is 21.1 Å². The van der Waals surface area contributed by atoms with Gasteiger partial charge in [-0.25, -0.2) is 0 Å². The largest absolute Gasteiger partial charge is 0.364 e. The van der Waals surface area contributed by atoms with E-state index in [1.165, 1.54) is 11.3 Å². The second kappa shape index (κ2) is 7.57. The molecule has 7 heteroatoms. The Hall–Kier alpha value is -2.22. The van der Waals surface area contributed by atoms with Crippen LogP contribution in [0.3, 0.4) is 0 Å². The fourth-order valence-corrected chi connectivity index (χ4v) is 3.15. The molecule has 0 spiro atoms. The first-order chi connectivity index (χ1) is 11.7. The highest BCUT2D eigenvalue weighted by Gasteiger charge is 2.29. The molecule has 2 amide bonds. The van der Waals surface area contributed by atoms with Gasteiger partial charge in [-0.15, -0.1) is 11.3 Å². The third-order valence-electron chi connectivity index (χ3n) is 3.82. The minimum Gasteiger partial charge on any atom is -0.364 e. The number of carbonyl (C=O) groups excluding carboxylic acids is 2. The van der Waals surface area contributed by atoms with Crippen molar-refractivity contribution in [2.45, 2.75) is 25.0 Å². The van der Waals surface area contributed by atoms with Crippen molar-refractivity contribution in [3.05, 3.63) is 46.7 Å². The molecule has 2 atom stereocenters. The number of hydrogen-bond donors (Lipinski definition) is 3. The van der Waals surface area contributed by atoms with Crippen molar-refractivity contribution >= 4 is 34.5 Å². The normalized spacial score (nSPS) is 19.9. The molecular formula is C17H19N3O3S. The van der Waals surface area contributed by atoms with E-state index in [-0.39, 0.29) is 17.9 Å². The van der Waals surface area contributed by atoms with Gasteiger partial charge in [0.2, 0.25) is 0 Å². The topological polar surface area (TPSA) is 93.5 Å². The van der Waals surface area contributed by atoms with E-state index >= 15 is 0 Å². The zero-order valence-corrected chi connectivity index (χ0v) is 13.8. The van der Waals surface area contributed by atoms with Crippen LogP contribution < -0.4 is 16.4 Å². The molecular weight excluding hydrogens is 326 g/mol. The molecule has 2 aromatic rings. The summed E-state index contributed by atoms with van der Waals surface area (Å²) in [5, 5.41) is 7.49. The van der Waals surface area contributed by atoms with Gasteiger partial charge in [-0.05, 0) is 48.6 Å². The molecule has 1 aromatic heterocycles. The number of ether oxygens (including phenoxy) is 1. The first kappa shape index (κ1) is 16.6. The number of nitrogens with one attached hydrogen (secondary N) is 2. The number of rotatable bonds is 5. The van der Waals surface area contributed by atoms with Crippen LogP contribution in [0, 0.1) is 0 Å². The lowest BCUT2D eigenvalue weighted by atomic mass is 10.2. The number of hydrogen-bond acceptors (Lipinski definition) is 5. The Balaban J connectivity index is 1.55. The average molecular weight is 345 g/mol. The molecule has 0 aliphatic carbocycles. The summed E-state index contributed by atoms with van der Waals surface area (Å²) in [6, 6.07) is 10.6. The number of anilines is 2. The molecule has 24 heavy (non-hydrogen) atoms. The van der Waals surface area contributed by atoms with Crippen molar-refractivity contribution in [3.8, 4) is 0 Å². The highest BCUT2D eigenvalue weighted by molar-refractivity contribution is 7.12. The van der Waals surface area contributed by atoms with Crippen molar-refractivity contribution in [2.75, 3.05) is 17.2 Å². The monoisotopic (exact) mass is 345 g/mol. The van der Waals surface area contributed by atoms with E-state index in [9.17, 15) is 9.59 Å². The van der Waals surface area contributed by atoms with E-state index in [2.05, 4.69) is 10.6 Å². The van der Waals surface area contributed by atoms with Gasteiger partial charge in [-0.1, -0.05) is 6.07 Å². The van der Waals surface area contributed by atoms with Crippen LogP contribution in [-0.2, 0) is 9.53 Å². The summed E-state index contributed by atoms with van der Waals surface area (Å²) < 4.78 is 5.57. The minimum atomic E-state index is -0.447. The quantitative estimate of drug-likeness (QED) is 0.776. The molecule has 0 bridgehead atoms. The van der Waals surface area contributed by atoms with E-state index in [4.69, 9.17) is 10.5 Å². The summed E-state index contributed by atoms with van der Waals surface area (Å²) in [5.41, 5.74) is 6.88. The summed E-state index contributed by atoms with van der Waals surface area (Å²) in [6.07, 6.45) is 1.01. The third kappa shape index (κ3) is 4.00. The summed E-state index contributed by atoms with van der Waals surface area (Å²) in [5.74, 6) is -0.310. The van der Waals surface area contributed by atoms with Gasteiger partial charge in [0, 0.05) is 17.9 Å². The van der Waals surface area contributed by atoms with Gasteiger partial charge >= 0.3 is 0 Å². The predicted molar refractivity (Wildman–Crippen MR) is 94.3 cm³/mol. The van der Waals surface area contributed by atoms with Crippen LogP contribution in [0.2, 0.25) is 0 Å². The molecule has 3 rings (SSSR count). The van der Waals surface area contributed by atoms with Crippen molar-refractivity contribution in [2.24, 2.45) is 5.73 Å². The second-order valence-electron chi connectivity index (χ2n) is 5.56. The maximum Gasteiger partial charge on any atom is 0.265 e. The molecule has 1 saturated heterocycles. The van der Waals surface area contributed by atoms with E-state index in [1.807, 2.05) is 11.4 Å². The minimum absolute atomic E-state index is 0.0319. The van der Waals surface area contributed by atoms with E-state index in [0.29, 0.717) is 29.2 Å².